The van der Waals surface area contributed by atoms with Crippen LogP contribution >= 0.6 is 0 Å². The van der Waals surface area contributed by atoms with Crippen LogP contribution < -0.4 is 5.32 Å². The SMILES string of the molecule is CC(C)NC(=O)CN(C)Cc1cc(F)ccc1[N+](=O)[O-]. The highest BCUT2D eigenvalue weighted by Gasteiger charge is 2.17. The van der Waals surface area contributed by atoms with E-state index in [4.69, 9.17) is 0 Å². The molecule has 1 rings (SSSR count). The number of benzene rings is 1. The van der Waals surface area contributed by atoms with Crippen molar-refractivity contribution in [2.24, 2.45) is 0 Å². The van der Waals surface area contributed by atoms with Gasteiger partial charge in [0.05, 0.1) is 11.5 Å². The predicted octanol–water partition coefficient (Wildman–Crippen LogP) is 1.69. The minimum absolute atomic E-state index is 0.0272. The van der Waals surface area contributed by atoms with Crippen LogP contribution in [0.1, 0.15) is 19.4 Å². The van der Waals surface area contributed by atoms with Crippen LogP contribution in [0.25, 0.3) is 0 Å². The maximum absolute atomic E-state index is 13.2. The number of hydrogen-bond acceptors (Lipinski definition) is 4. The molecule has 6 nitrogen and oxygen atoms in total. The Kier molecular flexibility index (Phi) is 5.57. The Morgan fingerprint density at radius 2 is 2.15 bits per heavy atom. The quantitative estimate of drug-likeness (QED) is 0.636. The number of nitro groups is 1. The number of halogens is 1. The van der Waals surface area contributed by atoms with E-state index >= 15 is 0 Å². The summed E-state index contributed by atoms with van der Waals surface area (Å²) >= 11 is 0. The van der Waals surface area contributed by atoms with Gasteiger partial charge >= 0.3 is 0 Å². The van der Waals surface area contributed by atoms with Gasteiger partial charge in [0.25, 0.3) is 5.69 Å². The molecule has 20 heavy (non-hydrogen) atoms. The molecule has 0 spiro atoms. The van der Waals surface area contributed by atoms with Gasteiger partial charge in [-0.3, -0.25) is 19.8 Å². The molecule has 0 saturated carbocycles. The molecular formula is C13H18FN3O3. The van der Waals surface area contributed by atoms with E-state index in [0.29, 0.717) is 0 Å². The molecule has 1 N–H and O–H groups in total. The summed E-state index contributed by atoms with van der Waals surface area (Å²) in [6.07, 6.45) is 0. The lowest BCUT2D eigenvalue weighted by Crippen LogP contribution is -2.38. The van der Waals surface area contributed by atoms with Crippen molar-refractivity contribution in [1.82, 2.24) is 10.2 Å². The Bertz CT molecular complexity index is 506. The lowest BCUT2D eigenvalue weighted by Gasteiger charge is -2.17. The fraction of sp³-hybridized carbons (Fsp3) is 0.462. The molecule has 1 aromatic carbocycles. The van der Waals surface area contributed by atoms with Gasteiger partial charge in [-0.05, 0) is 33.0 Å². The molecular weight excluding hydrogens is 265 g/mol. The van der Waals surface area contributed by atoms with E-state index in [-0.39, 0.29) is 36.3 Å². The Morgan fingerprint density at radius 1 is 1.50 bits per heavy atom. The average Bonchev–Trinajstić information content (AvgIpc) is 2.26. The zero-order valence-electron chi connectivity index (χ0n) is 11.7. The van der Waals surface area contributed by atoms with Gasteiger partial charge in [-0.2, -0.15) is 0 Å². The van der Waals surface area contributed by atoms with Crippen molar-refractivity contribution < 1.29 is 14.1 Å². The minimum atomic E-state index is -0.559. The van der Waals surface area contributed by atoms with Gasteiger partial charge in [0.1, 0.15) is 5.82 Å². The van der Waals surface area contributed by atoms with Crippen LogP contribution in [-0.4, -0.2) is 35.4 Å². The van der Waals surface area contributed by atoms with Crippen LogP contribution in [0.5, 0.6) is 0 Å². The van der Waals surface area contributed by atoms with Crippen molar-refractivity contribution >= 4 is 11.6 Å². The maximum Gasteiger partial charge on any atom is 0.274 e. The van der Waals surface area contributed by atoms with Crippen molar-refractivity contribution in [3.05, 3.63) is 39.7 Å². The first-order valence-electron chi connectivity index (χ1n) is 6.20. The zero-order chi connectivity index (χ0) is 15.3. The Labute approximate surface area is 116 Å². The van der Waals surface area contributed by atoms with Crippen LogP contribution in [-0.2, 0) is 11.3 Å². The first-order chi connectivity index (χ1) is 9.29. The van der Waals surface area contributed by atoms with Crippen molar-refractivity contribution in [3.63, 3.8) is 0 Å². The third kappa shape index (κ3) is 4.93. The molecule has 0 aliphatic rings. The summed E-state index contributed by atoms with van der Waals surface area (Å²) in [5.41, 5.74) is 0.0948. The summed E-state index contributed by atoms with van der Waals surface area (Å²) in [7, 11) is 1.65. The summed E-state index contributed by atoms with van der Waals surface area (Å²) in [6, 6.07) is 3.33. The standard InChI is InChI=1S/C13H18FN3O3/c1-9(2)15-13(18)8-16(3)7-10-6-11(14)4-5-12(10)17(19)20/h4-6,9H,7-8H2,1-3H3,(H,15,18). The molecule has 0 bridgehead atoms. The number of carbonyl (C=O) groups is 1. The van der Waals surface area contributed by atoms with E-state index in [0.717, 1.165) is 18.2 Å². The maximum atomic E-state index is 13.2. The minimum Gasteiger partial charge on any atom is -0.353 e. The molecule has 0 aliphatic heterocycles. The fourth-order valence-corrected chi connectivity index (χ4v) is 1.82. The third-order valence-electron chi connectivity index (χ3n) is 2.54. The molecule has 0 radical (unpaired) electrons. The van der Waals surface area contributed by atoms with Crippen LogP contribution in [0.4, 0.5) is 10.1 Å². The van der Waals surface area contributed by atoms with Gasteiger partial charge in [0.15, 0.2) is 0 Å². The van der Waals surface area contributed by atoms with E-state index in [2.05, 4.69) is 5.32 Å². The number of likely N-dealkylation sites (N-methyl/N-ethyl adjacent to an activating group) is 1. The highest BCUT2D eigenvalue weighted by Crippen LogP contribution is 2.20. The third-order valence-corrected chi connectivity index (χ3v) is 2.54. The summed E-state index contributed by atoms with van der Waals surface area (Å²) in [5.74, 6) is -0.716. The Morgan fingerprint density at radius 3 is 2.70 bits per heavy atom. The monoisotopic (exact) mass is 283 g/mol. The fourth-order valence-electron chi connectivity index (χ4n) is 1.82. The van der Waals surface area contributed by atoms with Crippen LogP contribution in [0, 0.1) is 15.9 Å². The Hall–Kier alpha value is -2.02. The number of hydrogen-bond donors (Lipinski definition) is 1. The van der Waals surface area contributed by atoms with Gasteiger partial charge in [-0.25, -0.2) is 4.39 Å². The topological polar surface area (TPSA) is 75.5 Å². The molecule has 0 unspecified atom stereocenters. The van der Waals surface area contributed by atoms with E-state index < -0.39 is 10.7 Å². The summed E-state index contributed by atoms with van der Waals surface area (Å²) in [4.78, 5) is 23.5. The second kappa shape index (κ2) is 6.95. The van der Waals surface area contributed by atoms with Crippen LogP contribution in [0.2, 0.25) is 0 Å². The van der Waals surface area contributed by atoms with Crippen LogP contribution in [0.15, 0.2) is 18.2 Å². The molecule has 0 atom stereocenters. The smallest absolute Gasteiger partial charge is 0.274 e. The van der Waals surface area contributed by atoms with Gasteiger partial charge in [0, 0.05) is 24.2 Å². The summed E-state index contributed by atoms with van der Waals surface area (Å²) in [5, 5.41) is 13.6. The van der Waals surface area contributed by atoms with E-state index in [1.54, 1.807) is 11.9 Å². The van der Waals surface area contributed by atoms with Crippen molar-refractivity contribution in [3.8, 4) is 0 Å². The van der Waals surface area contributed by atoms with Crippen molar-refractivity contribution in [2.45, 2.75) is 26.4 Å². The molecule has 1 aromatic rings. The van der Waals surface area contributed by atoms with Crippen molar-refractivity contribution in [2.75, 3.05) is 13.6 Å². The van der Waals surface area contributed by atoms with Crippen LogP contribution in [0.3, 0.4) is 0 Å². The Balaban J connectivity index is 2.75. The molecule has 0 heterocycles. The summed E-state index contributed by atoms with van der Waals surface area (Å²) in [6.45, 7) is 3.90. The molecule has 110 valence electrons. The zero-order valence-corrected chi connectivity index (χ0v) is 11.7. The average molecular weight is 283 g/mol. The number of carbonyl (C=O) groups excluding carboxylic acids is 1. The number of nitrogens with one attached hydrogen (secondary N) is 1. The number of rotatable bonds is 6. The molecule has 0 saturated heterocycles. The molecule has 1 amide bonds. The normalized spacial score (nSPS) is 10.9. The molecule has 0 fully saturated rings. The number of amides is 1. The van der Waals surface area contributed by atoms with Gasteiger partial charge in [-0.1, -0.05) is 0 Å². The first-order valence-corrected chi connectivity index (χ1v) is 6.20. The largest absolute Gasteiger partial charge is 0.353 e. The molecule has 0 aliphatic carbocycles. The number of nitrogens with zero attached hydrogens (tertiary/aromatic N) is 2. The van der Waals surface area contributed by atoms with E-state index in [1.807, 2.05) is 13.8 Å². The van der Waals surface area contributed by atoms with E-state index in [1.165, 1.54) is 0 Å². The highest BCUT2D eigenvalue weighted by molar-refractivity contribution is 5.78. The van der Waals surface area contributed by atoms with Crippen molar-refractivity contribution in [1.29, 1.82) is 0 Å². The second-order valence-corrected chi connectivity index (χ2v) is 4.92. The molecule has 0 aromatic heterocycles. The molecule has 7 heteroatoms. The van der Waals surface area contributed by atoms with Gasteiger partial charge in [-0.15, -0.1) is 0 Å². The lowest BCUT2D eigenvalue weighted by molar-refractivity contribution is -0.385. The highest BCUT2D eigenvalue weighted by atomic mass is 19.1. The second-order valence-electron chi connectivity index (χ2n) is 4.92. The van der Waals surface area contributed by atoms with E-state index in [9.17, 15) is 19.3 Å². The van der Waals surface area contributed by atoms with Gasteiger partial charge in [0.2, 0.25) is 5.91 Å². The summed E-state index contributed by atoms with van der Waals surface area (Å²) < 4.78 is 13.2. The first kappa shape index (κ1) is 16.0. The number of nitro benzene ring substituents is 1. The predicted molar refractivity (Wildman–Crippen MR) is 72.7 cm³/mol. The lowest BCUT2D eigenvalue weighted by atomic mass is 10.1. The van der Waals surface area contributed by atoms with Gasteiger partial charge < -0.3 is 5.32 Å².